The number of furan rings is 1. The molecule has 296 valence electrons. The van der Waals surface area contributed by atoms with Crippen molar-refractivity contribution in [3.05, 3.63) is 224 Å². The molecular weight excluding hydrogens is 775 g/mol. The molecular formula is C62H37NO. The molecule has 0 fully saturated rings. The topological polar surface area (TPSA) is 18.1 Å². The molecule has 14 rings (SSSR count). The molecule has 0 saturated carbocycles. The molecule has 0 atom stereocenters. The zero-order valence-electron chi connectivity index (χ0n) is 34.7. The van der Waals surface area contributed by atoms with E-state index in [-0.39, 0.29) is 0 Å². The van der Waals surface area contributed by atoms with E-state index < -0.39 is 0 Å². The van der Waals surface area contributed by atoms with Crippen molar-refractivity contribution in [3.8, 4) is 72.4 Å². The van der Waals surface area contributed by atoms with Crippen LogP contribution in [0.25, 0.3) is 138 Å². The summed E-state index contributed by atoms with van der Waals surface area (Å²) in [6, 6.07) is 82.5. The van der Waals surface area contributed by atoms with E-state index in [2.05, 4.69) is 223 Å². The van der Waals surface area contributed by atoms with Crippen molar-refractivity contribution >= 4 is 65.3 Å². The molecule has 1 aliphatic carbocycles. The Labute approximate surface area is 369 Å². The molecule has 0 N–H and O–H groups in total. The third-order valence-corrected chi connectivity index (χ3v) is 13.8. The normalized spacial score (nSPS) is 12.1. The summed E-state index contributed by atoms with van der Waals surface area (Å²) in [5.74, 6) is 0. The Hall–Kier alpha value is -8.46. The van der Waals surface area contributed by atoms with Gasteiger partial charge in [0.2, 0.25) is 0 Å². The van der Waals surface area contributed by atoms with E-state index in [1.54, 1.807) is 0 Å². The molecule has 0 spiro atoms. The predicted molar refractivity (Wildman–Crippen MR) is 269 cm³/mol. The highest BCUT2D eigenvalue weighted by Gasteiger charge is 2.24. The molecule has 0 unspecified atom stereocenters. The summed E-state index contributed by atoms with van der Waals surface area (Å²) in [5.41, 5.74) is 20.2. The summed E-state index contributed by atoms with van der Waals surface area (Å²) in [6.45, 7) is 0. The maximum atomic E-state index is 6.41. The van der Waals surface area contributed by atoms with E-state index in [1.807, 2.05) is 6.07 Å². The number of hydrogen-bond donors (Lipinski definition) is 0. The van der Waals surface area contributed by atoms with Gasteiger partial charge >= 0.3 is 0 Å². The van der Waals surface area contributed by atoms with Crippen molar-refractivity contribution in [3.63, 3.8) is 0 Å². The molecule has 0 bridgehead atoms. The summed E-state index contributed by atoms with van der Waals surface area (Å²) in [7, 11) is 0. The van der Waals surface area contributed by atoms with Gasteiger partial charge in [-0.2, -0.15) is 0 Å². The molecule has 0 amide bonds. The summed E-state index contributed by atoms with van der Waals surface area (Å²) < 4.78 is 8.80. The van der Waals surface area contributed by atoms with Gasteiger partial charge < -0.3 is 8.98 Å². The Balaban J connectivity index is 0.960. The van der Waals surface area contributed by atoms with Crippen molar-refractivity contribution < 1.29 is 4.42 Å². The first-order valence-corrected chi connectivity index (χ1v) is 22.1. The standard InChI is InChI=1S/C62H37NO/c1-2-16-42-41(15-1)43-17-3-4-19-45(43)47-34-31-39(35-54(47)46-20-6-5-18-44(42)46)62-52-25-9-7-23-50(52)61(51-24-8-10-26-53(51)62)38-29-32-40(33-30-38)63-57-27-13-11-21-48(57)55-36-56-49-22-12-14-28-59(49)64-60(56)37-58(55)63/h1-37H. The molecule has 2 nitrogen and oxygen atoms in total. The van der Waals surface area contributed by atoms with Crippen LogP contribution in [-0.4, -0.2) is 4.57 Å². The molecule has 1 aliphatic rings. The van der Waals surface area contributed by atoms with Crippen molar-refractivity contribution in [1.29, 1.82) is 0 Å². The minimum absolute atomic E-state index is 0.900. The summed E-state index contributed by atoms with van der Waals surface area (Å²) in [4.78, 5) is 0. The average Bonchev–Trinajstić information content (AvgIpc) is 3.89. The summed E-state index contributed by atoms with van der Waals surface area (Å²) >= 11 is 0. The van der Waals surface area contributed by atoms with E-state index in [9.17, 15) is 0 Å². The van der Waals surface area contributed by atoms with Gasteiger partial charge in [0, 0.05) is 33.3 Å². The SMILES string of the molecule is c1ccc2c(c1)-c1ccccc1-c1ccc(-c3c4ccccc4c(-c4ccc(-n5c6ccccc6c6cc7c(cc65)oc5ccccc57)cc4)c4ccccc34)cc1-c1ccccc1-2. The minimum atomic E-state index is 0.900. The molecule has 0 saturated heterocycles. The van der Waals surface area contributed by atoms with Gasteiger partial charge in [0.1, 0.15) is 11.2 Å². The number of rotatable bonds is 3. The molecule has 2 heteroatoms. The third kappa shape index (κ3) is 5.02. The van der Waals surface area contributed by atoms with Crippen LogP contribution in [0.5, 0.6) is 0 Å². The Kier molecular flexibility index (Phi) is 7.43. The van der Waals surface area contributed by atoms with Crippen molar-refractivity contribution in [2.45, 2.75) is 0 Å². The Morgan fingerprint density at radius 2 is 0.688 bits per heavy atom. The van der Waals surface area contributed by atoms with Gasteiger partial charge in [0.05, 0.1) is 11.0 Å². The Morgan fingerprint density at radius 3 is 1.27 bits per heavy atom. The minimum Gasteiger partial charge on any atom is -0.456 e. The fraction of sp³-hybridized carbons (Fsp3) is 0. The van der Waals surface area contributed by atoms with Crippen LogP contribution >= 0.6 is 0 Å². The van der Waals surface area contributed by atoms with Gasteiger partial charge in [0.15, 0.2) is 0 Å². The number of benzene rings is 11. The number of para-hydroxylation sites is 2. The smallest absolute Gasteiger partial charge is 0.137 e. The van der Waals surface area contributed by atoms with Gasteiger partial charge in [0.25, 0.3) is 0 Å². The van der Waals surface area contributed by atoms with E-state index in [0.29, 0.717) is 0 Å². The number of fused-ring (bicyclic) bond motifs is 16. The number of hydrogen-bond acceptors (Lipinski definition) is 1. The van der Waals surface area contributed by atoms with Crippen LogP contribution in [0.2, 0.25) is 0 Å². The van der Waals surface area contributed by atoms with E-state index >= 15 is 0 Å². The Morgan fingerprint density at radius 1 is 0.250 bits per heavy atom. The fourth-order valence-corrected chi connectivity index (χ4v) is 11.0. The van der Waals surface area contributed by atoms with Crippen molar-refractivity contribution in [2.75, 3.05) is 0 Å². The zero-order chi connectivity index (χ0) is 41.9. The maximum absolute atomic E-state index is 6.41. The van der Waals surface area contributed by atoms with Crippen LogP contribution < -0.4 is 0 Å². The molecule has 13 aromatic rings. The first-order valence-electron chi connectivity index (χ1n) is 22.1. The third-order valence-electron chi connectivity index (χ3n) is 13.8. The van der Waals surface area contributed by atoms with Gasteiger partial charge in [-0.1, -0.05) is 182 Å². The van der Waals surface area contributed by atoms with E-state index in [1.165, 1.54) is 105 Å². The first kappa shape index (κ1) is 35.2. The molecule has 2 aromatic heterocycles. The van der Waals surface area contributed by atoms with Crippen LogP contribution in [0.15, 0.2) is 229 Å². The average molecular weight is 812 g/mol. The quantitative estimate of drug-likeness (QED) is 0.163. The second kappa shape index (κ2) is 13.5. The highest BCUT2D eigenvalue weighted by atomic mass is 16.3. The largest absolute Gasteiger partial charge is 0.456 e. The van der Waals surface area contributed by atoms with E-state index in [4.69, 9.17) is 4.42 Å². The lowest BCUT2D eigenvalue weighted by Gasteiger charge is -2.24. The lowest BCUT2D eigenvalue weighted by Crippen LogP contribution is -1.98. The molecule has 64 heavy (non-hydrogen) atoms. The fourth-order valence-electron chi connectivity index (χ4n) is 11.0. The second-order valence-electron chi connectivity index (χ2n) is 17.1. The Bertz CT molecular complexity index is 4010. The molecule has 2 heterocycles. The highest BCUT2D eigenvalue weighted by molar-refractivity contribution is 6.22. The lowest BCUT2D eigenvalue weighted by atomic mass is 9.79. The van der Waals surface area contributed by atoms with Gasteiger partial charge in [-0.05, 0) is 125 Å². The monoisotopic (exact) mass is 811 g/mol. The molecule has 0 radical (unpaired) electrons. The first-order chi connectivity index (χ1) is 31.8. The lowest BCUT2D eigenvalue weighted by molar-refractivity contribution is 0.669. The summed E-state index contributed by atoms with van der Waals surface area (Å²) in [6.07, 6.45) is 0. The van der Waals surface area contributed by atoms with Gasteiger partial charge in [-0.15, -0.1) is 0 Å². The van der Waals surface area contributed by atoms with Crippen LogP contribution in [0.3, 0.4) is 0 Å². The number of nitrogens with zero attached hydrogens (tertiary/aromatic N) is 1. The maximum Gasteiger partial charge on any atom is 0.137 e. The van der Waals surface area contributed by atoms with Gasteiger partial charge in [-0.25, -0.2) is 0 Å². The number of aromatic nitrogens is 1. The van der Waals surface area contributed by atoms with Crippen molar-refractivity contribution in [1.82, 2.24) is 4.57 Å². The highest BCUT2D eigenvalue weighted by Crippen LogP contribution is 2.50. The van der Waals surface area contributed by atoms with Crippen LogP contribution in [0.4, 0.5) is 0 Å². The van der Waals surface area contributed by atoms with Crippen molar-refractivity contribution in [2.24, 2.45) is 0 Å². The van der Waals surface area contributed by atoms with Crippen LogP contribution in [0, 0.1) is 0 Å². The van der Waals surface area contributed by atoms with Crippen LogP contribution in [0.1, 0.15) is 0 Å². The van der Waals surface area contributed by atoms with Gasteiger partial charge in [-0.3, -0.25) is 0 Å². The summed E-state index contributed by atoms with van der Waals surface area (Å²) in [5, 5.41) is 9.68. The predicted octanol–water partition coefficient (Wildman–Crippen LogP) is 17.3. The second-order valence-corrected chi connectivity index (χ2v) is 17.1. The molecule has 11 aromatic carbocycles. The molecule has 0 aliphatic heterocycles. The van der Waals surface area contributed by atoms with Crippen LogP contribution in [-0.2, 0) is 0 Å². The zero-order valence-corrected chi connectivity index (χ0v) is 34.7. The van der Waals surface area contributed by atoms with E-state index in [0.717, 1.165) is 33.1 Å².